The third-order valence-corrected chi connectivity index (χ3v) is 3.29. The van der Waals surface area contributed by atoms with Gasteiger partial charge >= 0.3 is 5.97 Å². The monoisotopic (exact) mass is 305 g/mol. The summed E-state index contributed by atoms with van der Waals surface area (Å²) in [4.78, 5) is 15.5. The third kappa shape index (κ3) is 4.61. The van der Waals surface area contributed by atoms with Crippen molar-refractivity contribution in [2.24, 2.45) is 0 Å². The van der Waals surface area contributed by atoms with Crippen molar-refractivity contribution >= 4 is 23.4 Å². The second-order valence-electron chi connectivity index (χ2n) is 4.07. The number of benzene rings is 1. The fourth-order valence-corrected chi connectivity index (χ4v) is 2.15. The number of rotatable bonds is 7. The molecule has 6 heteroatoms. The summed E-state index contributed by atoms with van der Waals surface area (Å²) in [5.41, 5.74) is 2.49. The molecule has 0 aliphatic rings. The van der Waals surface area contributed by atoms with Crippen molar-refractivity contribution in [3.8, 4) is 11.5 Å². The number of hydrogen-bond donors (Lipinski definition) is 1. The largest absolute Gasteiger partial charge is 0.490 e. The number of carboxylic acid groups (broad SMARTS) is 1. The molecular formula is C15H15NO4S. The topological polar surface area (TPSA) is 68.7 Å². The second-order valence-corrected chi connectivity index (χ2v) is 5.04. The molecule has 0 bridgehead atoms. The molecule has 0 fully saturated rings. The van der Waals surface area contributed by atoms with Gasteiger partial charge in [0.25, 0.3) is 0 Å². The van der Waals surface area contributed by atoms with Crippen LogP contribution in [0.2, 0.25) is 0 Å². The Kier molecular flexibility index (Phi) is 5.34. The molecular weight excluding hydrogens is 290 g/mol. The number of hydrogen-bond acceptors (Lipinski definition) is 5. The number of thiazole rings is 1. The van der Waals surface area contributed by atoms with Crippen molar-refractivity contribution in [3.63, 3.8) is 0 Å². The zero-order chi connectivity index (χ0) is 15.1. The van der Waals surface area contributed by atoms with E-state index in [1.807, 2.05) is 6.92 Å². The number of carbonyl (C=O) groups is 1. The van der Waals surface area contributed by atoms with E-state index in [0.717, 1.165) is 16.5 Å². The molecule has 1 N–H and O–H groups in total. The number of aliphatic carboxylic acids is 1. The van der Waals surface area contributed by atoms with Crippen molar-refractivity contribution in [1.82, 2.24) is 4.98 Å². The number of carboxylic acids is 1. The van der Waals surface area contributed by atoms with Crippen LogP contribution in [0.1, 0.15) is 17.4 Å². The highest BCUT2D eigenvalue weighted by molar-refractivity contribution is 7.09. The maximum atomic E-state index is 10.5. The van der Waals surface area contributed by atoms with Gasteiger partial charge in [-0.1, -0.05) is 6.07 Å². The van der Waals surface area contributed by atoms with Gasteiger partial charge in [-0.3, -0.25) is 4.98 Å². The van der Waals surface area contributed by atoms with Crippen LogP contribution in [0.3, 0.4) is 0 Å². The summed E-state index contributed by atoms with van der Waals surface area (Å²) in [6.07, 6.45) is 4.36. The molecule has 0 spiro atoms. The van der Waals surface area contributed by atoms with Crippen LogP contribution in [0.4, 0.5) is 0 Å². The van der Waals surface area contributed by atoms with Crippen LogP contribution < -0.4 is 9.47 Å². The van der Waals surface area contributed by atoms with E-state index in [0.29, 0.717) is 24.7 Å². The van der Waals surface area contributed by atoms with Gasteiger partial charge in [-0.05, 0) is 30.7 Å². The smallest absolute Gasteiger partial charge is 0.328 e. The predicted molar refractivity (Wildman–Crippen MR) is 80.7 cm³/mol. The normalized spacial score (nSPS) is 10.7. The molecule has 1 heterocycles. The van der Waals surface area contributed by atoms with Gasteiger partial charge in [0.15, 0.2) is 11.5 Å². The van der Waals surface area contributed by atoms with Gasteiger partial charge in [-0.25, -0.2) is 4.79 Å². The molecule has 1 aromatic heterocycles. The second kappa shape index (κ2) is 7.44. The molecule has 0 amide bonds. The zero-order valence-corrected chi connectivity index (χ0v) is 12.3. The van der Waals surface area contributed by atoms with Gasteiger partial charge < -0.3 is 14.6 Å². The zero-order valence-electron chi connectivity index (χ0n) is 11.5. The average Bonchev–Trinajstić information content (AvgIpc) is 2.97. The summed E-state index contributed by atoms with van der Waals surface area (Å²) in [5, 5.41) is 8.64. The van der Waals surface area contributed by atoms with E-state index >= 15 is 0 Å². The van der Waals surface area contributed by atoms with E-state index < -0.39 is 5.97 Å². The van der Waals surface area contributed by atoms with Crippen molar-refractivity contribution in [3.05, 3.63) is 46.4 Å². The standard InChI is InChI=1S/C15H15NO4S/c1-2-19-14-7-11(4-6-15(17)18)3-5-13(14)20-9-12-8-16-10-21-12/h3-8,10H,2,9H2,1H3,(H,17,18)/b6-4+. The maximum Gasteiger partial charge on any atom is 0.328 e. The molecule has 21 heavy (non-hydrogen) atoms. The Hall–Kier alpha value is -2.34. The molecule has 2 aromatic rings. The fraction of sp³-hybridized carbons (Fsp3) is 0.200. The summed E-state index contributed by atoms with van der Waals surface area (Å²) in [7, 11) is 0. The predicted octanol–water partition coefficient (Wildman–Crippen LogP) is 3.22. The van der Waals surface area contributed by atoms with E-state index in [9.17, 15) is 4.79 Å². The molecule has 2 rings (SSSR count). The van der Waals surface area contributed by atoms with Gasteiger partial charge in [0, 0.05) is 12.3 Å². The highest BCUT2D eigenvalue weighted by Crippen LogP contribution is 2.30. The molecule has 5 nitrogen and oxygen atoms in total. The molecule has 0 radical (unpaired) electrons. The molecule has 0 saturated heterocycles. The highest BCUT2D eigenvalue weighted by atomic mass is 32.1. The Morgan fingerprint density at radius 2 is 2.24 bits per heavy atom. The Labute approximate surface area is 126 Å². The molecule has 1 aromatic carbocycles. The quantitative estimate of drug-likeness (QED) is 0.795. The minimum Gasteiger partial charge on any atom is -0.490 e. The van der Waals surface area contributed by atoms with Gasteiger partial charge in [-0.2, -0.15) is 0 Å². The Balaban J connectivity index is 2.14. The third-order valence-electron chi connectivity index (χ3n) is 2.54. The average molecular weight is 305 g/mol. The van der Waals surface area contributed by atoms with Crippen molar-refractivity contribution in [1.29, 1.82) is 0 Å². The van der Waals surface area contributed by atoms with Gasteiger partial charge in [0.2, 0.25) is 0 Å². The van der Waals surface area contributed by atoms with Crippen LogP contribution in [0.25, 0.3) is 6.08 Å². The minimum absolute atomic E-state index is 0.426. The van der Waals surface area contributed by atoms with Crippen LogP contribution in [0.15, 0.2) is 36.0 Å². The van der Waals surface area contributed by atoms with Gasteiger partial charge in [-0.15, -0.1) is 11.3 Å². The van der Waals surface area contributed by atoms with Gasteiger partial charge in [0.05, 0.1) is 17.0 Å². The molecule has 0 atom stereocenters. The van der Waals surface area contributed by atoms with E-state index in [-0.39, 0.29) is 0 Å². The lowest BCUT2D eigenvalue weighted by Crippen LogP contribution is -1.99. The summed E-state index contributed by atoms with van der Waals surface area (Å²) in [5.74, 6) is 0.228. The Bertz CT molecular complexity index is 623. The maximum absolute atomic E-state index is 10.5. The molecule has 110 valence electrons. The van der Waals surface area contributed by atoms with Crippen molar-refractivity contribution in [2.75, 3.05) is 6.61 Å². The Morgan fingerprint density at radius 3 is 2.90 bits per heavy atom. The minimum atomic E-state index is -0.988. The number of ether oxygens (including phenoxy) is 2. The summed E-state index contributed by atoms with van der Waals surface area (Å²) in [6.45, 7) is 2.81. The van der Waals surface area contributed by atoms with Gasteiger partial charge in [0.1, 0.15) is 6.61 Å². The summed E-state index contributed by atoms with van der Waals surface area (Å²) < 4.78 is 11.3. The van der Waals surface area contributed by atoms with Crippen LogP contribution in [-0.4, -0.2) is 22.7 Å². The lowest BCUT2D eigenvalue weighted by atomic mass is 10.2. The molecule has 0 unspecified atom stereocenters. The summed E-state index contributed by atoms with van der Waals surface area (Å²) >= 11 is 1.52. The first kappa shape index (κ1) is 15.1. The number of aromatic nitrogens is 1. The summed E-state index contributed by atoms with van der Waals surface area (Å²) in [6, 6.07) is 5.31. The first-order valence-electron chi connectivity index (χ1n) is 6.37. The lowest BCUT2D eigenvalue weighted by molar-refractivity contribution is -0.131. The number of nitrogens with zero attached hydrogens (tertiary/aromatic N) is 1. The lowest BCUT2D eigenvalue weighted by Gasteiger charge is -2.12. The highest BCUT2D eigenvalue weighted by Gasteiger charge is 2.07. The van der Waals surface area contributed by atoms with Crippen LogP contribution in [0, 0.1) is 0 Å². The molecule has 0 saturated carbocycles. The molecule has 0 aliphatic carbocycles. The van der Waals surface area contributed by atoms with Crippen molar-refractivity contribution < 1.29 is 19.4 Å². The van der Waals surface area contributed by atoms with E-state index in [2.05, 4.69) is 4.98 Å². The van der Waals surface area contributed by atoms with E-state index in [4.69, 9.17) is 14.6 Å². The van der Waals surface area contributed by atoms with E-state index in [1.165, 1.54) is 17.4 Å². The molecule has 0 aliphatic heterocycles. The SMILES string of the molecule is CCOc1cc(/C=C/C(=O)O)ccc1OCc1cncs1. The van der Waals surface area contributed by atoms with Crippen LogP contribution in [-0.2, 0) is 11.4 Å². The first-order valence-corrected chi connectivity index (χ1v) is 7.25. The van der Waals surface area contributed by atoms with E-state index in [1.54, 1.807) is 29.9 Å². The Morgan fingerprint density at radius 1 is 1.38 bits per heavy atom. The van der Waals surface area contributed by atoms with Crippen LogP contribution in [0.5, 0.6) is 11.5 Å². The fourth-order valence-electron chi connectivity index (χ4n) is 1.65. The van der Waals surface area contributed by atoms with Crippen LogP contribution >= 0.6 is 11.3 Å². The van der Waals surface area contributed by atoms with Crippen molar-refractivity contribution in [2.45, 2.75) is 13.5 Å². The first-order chi connectivity index (χ1) is 10.2.